The Morgan fingerprint density at radius 3 is 2.44 bits per heavy atom. The summed E-state index contributed by atoms with van der Waals surface area (Å²) in [6.07, 6.45) is 2.79. The summed E-state index contributed by atoms with van der Waals surface area (Å²) in [6, 6.07) is 15.2. The Kier molecular flexibility index (Phi) is 7.12. The molecule has 1 fully saturated rings. The summed E-state index contributed by atoms with van der Waals surface area (Å²) in [5, 5.41) is 10.4. The lowest BCUT2D eigenvalue weighted by molar-refractivity contribution is 0.0413. The predicted molar refractivity (Wildman–Crippen MR) is 101 cm³/mol. The Balaban J connectivity index is 0.00000225. The van der Waals surface area contributed by atoms with Gasteiger partial charge in [0.2, 0.25) is 0 Å². The average molecular weight is 364 g/mol. The zero-order chi connectivity index (χ0) is 16.9. The van der Waals surface area contributed by atoms with Crippen molar-refractivity contribution in [2.75, 3.05) is 7.11 Å². The monoisotopic (exact) mass is 363 g/mol. The van der Waals surface area contributed by atoms with E-state index >= 15 is 0 Å². The minimum Gasteiger partial charge on any atom is -0.493 e. The van der Waals surface area contributed by atoms with Crippen molar-refractivity contribution in [2.24, 2.45) is 11.7 Å². The van der Waals surface area contributed by atoms with Gasteiger partial charge >= 0.3 is 0 Å². The van der Waals surface area contributed by atoms with Crippen LogP contribution < -0.4 is 15.2 Å². The van der Waals surface area contributed by atoms with Gasteiger partial charge in [-0.25, -0.2) is 0 Å². The Morgan fingerprint density at radius 2 is 1.84 bits per heavy atom. The van der Waals surface area contributed by atoms with Crippen LogP contribution in [0.4, 0.5) is 0 Å². The summed E-state index contributed by atoms with van der Waals surface area (Å²) in [7, 11) is 1.62. The molecule has 1 aliphatic rings. The molecule has 0 aliphatic heterocycles. The quantitative estimate of drug-likeness (QED) is 0.784. The molecule has 0 spiro atoms. The molecule has 1 saturated carbocycles. The van der Waals surface area contributed by atoms with E-state index in [2.05, 4.69) is 0 Å². The second-order valence-electron chi connectivity index (χ2n) is 6.39. The molecule has 2 atom stereocenters. The maximum Gasteiger partial charge on any atom is 0.161 e. The number of ether oxygens (including phenoxy) is 2. The number of aliphatic hydroxyl groups is 1. The summed E-state index contributed by atoms with van der Waals surface area (Å²) in [6.45, 7) is 0.459. The number of halogens is 1. The van der Waals surface area contributed by atoms with E-state index in [1.54, 1.807) is 7.11 Å². The summed E-state index contributed by atoms with van der Waals surface area (Å²) in [5.41, 5.74) is 8.23. The van der Waals surface area contributed by atoms with Crippen molar-refractivity contribution in [2.45, 2.75) is 38.0 Å². The molecule has 5 heteroatoms. The smallest absolute Gasteiger partial charge is 0.161 e. The van der Waals surface area contributed by atoms with Crippen LogP contribution in [0.5, 0.6) is 11.5 Å². The van der Waals surface area contributed by atoms with Crippen molar-refractivity contribution >= 4 is 12.4 Å². The van der Waals surface area contributed by atoms with Gasteiger partial charge in [-0.05, 0) is 42.0 Å². The van der Waals surface area contributed by atoms with Gasteiger partial charge in [0.15, 0.2) is 11.5 Å². The maximum atomic E-state index is 10.4. The Hall–Kier alpha value is -1.75. The van der Waals surface area contributed by atoms with E-state index in [1.807, 2.05) is 48.5 Å². The van der Waals surface area contributed by atoms with Crippen molar-refractivity contribution in [3.05, 3.63) is 59.7 Å². The van der Waals surface area contributed by atoms with E-state index in [1.165, 1.54) is 6.42 Å². The van der Waals surface area contributed by atoms with Gasteiger partial charge in [0.25, 0.3) is 0 Å². The molecule has 0 saturated heterocycles. The number of hydrogen-bond acceptors (Lipinski definition) is 4. The summed E-state index contributed by atoms with van der Waals surface area (Å²) < 4.78 is 11.3. The van der Waals surface area contributed by atoms with Gasteiger partial charge in [0, 0.05) is 0 Å². The molecular weight excluding hydrogens is 338 g/mol. The number of aliphatic hydroxyl groups excluding tert-OH is 1. The van der Waals surface area contributed by atoms with Crippen LogP contribution in [-0.4, -0.2) is 18.3 Å². The maximum absolute atomic E-state index is 10.4. The third kappa shape index (κ3) is 4.66. The zero-order valence-electron chi connectivity index (χ0n) is 14.4. The summed E-state index contributed by atoms with van der Waals surface area (Å²) in [5.74, 6) is 1.63. The van der Waals surface area contributed by atoms with E-state index in [-0.39, 0.29) is 12.4 Å². The molecule has 2 aromatic rings. The number of rotatable bonds is 7. The second kappa shape index (κ2) is 9.09. The van der Waals surface area contributed by atoms with Crippen LogP contribution in [0.2, 0.25) is 0 Å². The van der Waals surface area contributed by atoms with Crippen LogP contribution >= 0.6 is 12.4 Å². The molecule has 0 heterocycles. The molecule has 136 valence electrons. The van der Waals surface area contributed by atoms with E-state index < -0.39 is 12.1 Å². The van der Waals surface area contributed by atoms with Crippen molar-refractivity contribution in [3.8, 4) is 11.5 Å². The molecule has 0 radical (unpaired) electrons. The van der Waals surface area contributed by atoms with Gasteiger partial charge in [-0.2, -0.15) is 0 Å². The van der Waals surface area contributed by atoms with Crippen LogP contribution in [0.15, 0.2) is 48.5 Å². The van der Waals surface area contributed by atoms with E-state index in [4.69, 9.17) is 15.2 Å². The Labute approximate surface area is 155 Å². The fourth-order valence-electron chi connectivity index (χ4n) is 3.02. The molecule has 0 unspecified atom stereocenters. The minimum atomic E-state index is -0.505. The highest BCUT2D eigenvalue weighted by Gasteiger charge is 2.31. The molecule has 4 nitrogen and oxygen atoms in total. The number of hydrogen-bond donors (Lipinski definition) is 2. The van der Waals surface area contributed by atoms with E-state index in [0.717, 1.165) is 24.0 Å². The van der Waals surface area contributed by atoms with Crippen molar-refractivity contribution in [3.63, 3.8) is 0 Å². The normalized spacial score (nSPS) is 16.3. The SMILES string of the molecule is COc1ccc([C@H](N)[C@H](O)C2CCC2)cc1OCc1ccccc1.Cl. The number of methoxy groups -OCH3 is 1. The van der Waals surface area contributed by atoms with Crippen LogP contribution in [0, 0.1) is 5.92 Å². The second-order valence-corrected chi connectivity index (χ2v) is 6.39. The molecule has 0 bridgehead atoms. The lowest BCUT2D eigenvalue weighted by Gasteiger charge is -2.34. The van der Waals surface area contributed by atoms with Crippen molar-refractivity contribution in [1.82, 2.24) is 0 Å². The fourth-order valence-corrected chi connectivity index (χ4v) is 3.02. The average Bonchev–Trinajstić information content (AvgIpc) is 2.58. The first kappa shape index (κ1) is 19.6. The predicted octanol–water partition coefficient (Wildman–Crippen LogP) is 3.86. The van der Waals surface area contributed by atoms with Gasteiger partial charge in [0.05, 0.1) is 19.3 Å². The highest BCUT2D eigenvalue weighted by Crippen LogP contribution is 2.36. The lowest BCUT2D eigenvalue weighted by atomic mass is 9.77. The third-order valence-electron chi connectivity index (χ3n) is 4.81. The largest absolute Gasteiger partial charge is 0.493 e. The first-order valence-electron chi connectivity index (χ1n) is 8.47. The Bertz CT molecular complexity index is 661. The van der Waals surface area contributed by atoms with Crippen LogP contribution in [-0.2, 0) is 6.61 Å². The van der Waals surface area contributed by atoms with Crippen LogP contribution in [0.25, 0.3) is 0 Å². The zero-order valence-corrected chi connectivity index (χ0v) is 15.2. The van der Waals surface area contributed by atoms with Gasteiger partial charge in [-0.15, -0.1) is 12.4 Å². The highest BCUT2D eigenvalue weighted by atomic mass is 35.5. The number of nitrogens with two attached hydrogens (primary N) is 1. The fraction of sp³-hybridized carbons (Fsp3) is 0.400. The summed E-state index contributed by atoms with van der Waals surface area (Å²) in [4.78, 5) is 0. The Morgan fingerprint density at radius 1 is 1.12 bits per heavy atom. The molecule has 25 heavy (non-hydrogen) atoms. The van der Waals surface area contributed by atoms with Crippen molar-refractivity contribution in [1.29, 1.82) is 0 Å². The topological polar surface area (TPSA) is 64.7 Å². The highest BCUT2D eigenvalue weighted by molar-refractivity contribution is 5.85. The van der Waals surface area contributed by atoms with Gasteiger partial charge in [-0.3, -0.25) is 0 Å². The molecule has 0 aromatic heterocycles. The molecule has 1 aliphatic carbocycles. The summed E-state index contributed by atoms with van der Waals surface area (Å²) >= 11 is 0. The third-order valence-corrected chi connectivity index (χ3v) is 4.81. The van der Waals surface area contributed by atoms with Gasteiger partial charge in [-0.1, -0.05) is 42.8 Å². The minimum absolute atomic E-state index is 0. The lowest BCUT2D eigenvalue weighted by Crippen LogP contribution is -2.36. The van der Waals surface area contributed by atoms with E-state index in [9.17, 15) is 5.11 Å². The van der Waals surface area contributed by atoms with Crippen LogP contribution in [0.1, 0.15) is 36.4 Å². The van der Waals surface area contributed by atoms with E-state index in [0.29, 0.717) is 24.0 Å². The van der Waals surface area contributed by atoms with Gasteiger partial charge in [0.1, 0.15) is 6.61 Å². The first-order valence-corrected chi connectivity index (χ1v) is 8.47. The molecule has 2 aromatic carbocycles. The molecular formula is C20H26ClNO3. The molecule has 3 N–H and O–H groups in total. The van der Waals surface area contributed by atoms with Crippen LogP contribution in [0.3, 0.4) is 0 Å². The van der Waals surface area contributed by atoms with Gasteiger partial charge < -0.3 is 20.3 Å². The van der Waals surface area contributed by atoms with Crippen molar-refractivity contribution < 1.29 is 14.6 Å². The molecule has 0 amide bonds. The first-order chi connectivity index (χ1) is 11.7. The molecule has 3 rings (SSSR count). The standard InChI is InChI=1S/C20H25NO3.ClH/c1-23-17-11-10-16(19(21)20(22)15-8-5-9-15)12-18(17)24-13-14-6-3-2-4-7-14;/h2-4,6-7,10-12,15,19-20,22H,5,8-9,13,21H2,1H3;1H/t19-,20+;/m0./s1. The number of benzene rings is 2.